The number of fused-ring (bicyclic) bond motifs is 1. The Bertz CT molecular complexity index is 1250. The SMILES string of the molecule is NC(=O)[C@H]1CC[C@H](n2c(Nc3c(F)cc(F)cc3F)nc3cnc(N[C@@H]4CCC[C@H](O)C4)nc32)CC1. The molecule has 0 unspecified atom stereocenters. The fraction of sp³-hybridized carbons (Fsp3) is 0.500. The standard InChI is InChI=1S/C24H28F3N7O2/c25-13-8-17(26)20(18(27)9-13)32-24-31-19-11-29-23(30-14-2-1-3-16(35)10-14)33-22(19)34(24)15-6-4-12(5-7-15)21(28)36/h8-9,11-12,14-16,35H,1-7,10H2,(H2,28,36)(H,31,32)(H,29,30,33)/t12-,14-,15-,16+/m1/s1. The number of hydrogen-bond acceptors (Lipinski definition) is 7. The average Bonchev–Trinajstić information content (AvgIpc) is 3.18. The van der Waals surface area contributed by atoms with Crippen LogP contribution in [-0.2, 0) is 4.79 Å². The largest absolute Gasteiger partial charge is 0.393 e. The van der Waals surface area contributed by atoms with E-state index in [1.54, 1.807) is 4.57 Å². The van der Waals surface area contributed by atoms with Crippen molar-refractivity contribution >= 4 is 34.7 Å². The second-order valence-corrected chi connectivity index (χ2v) is 9.65. The summed E-state index contributed by atoms with van der Waals surface area (Å²) in [6, 6.07) is 1.04. The van der Waals surface area contributed by atoms with Gasteiger partial charge in [0.05, 0.1) is 12.3 Å². The number of primary amides is 1. The van der Waals surface area contributed by atoms with Gasteiger partial charge in [0, 0.05) is 30.1 Å². The molecule has 36 heavy (non-hydrogen) atoms. The first-order valence-corrected chi connectivity index (χ1v) is 12.2. The second kappa shape index (κ2) is 9.92. The topological polar surface area (TPSA) is 131 Å². The molecule has 5 N–H and O–H groups in total. The van der Waals surface area contributed by atoms with Gasteiger partial charge in [0.2, 0.25) is 17.8 Å². The number of aliphatic hydroxyl groups is 1. The van der Waals surface area contributed by atoms with Gasteiger partial charge in [-0.2, -0.15) is 4.98 Å². The number of amides is 1. The maximum atomic E-state index is 14.4. The third-order valence-electron chi connectivity index (χ3n) is 7.12. The van der Waals surface area contributed by atoms with E-state index in [0.29, 0.717) is 61.3 Å². The normalized spacial score (nSPS) is 24.6. The summed E-state index contributed by atoms with van der Waals surface area (Å²) >= 11 is 0. The number of imidazole rings is 1. The molecule has 192 valence electrons. The number of halogens is 3. The Kier molecular flexibility index (Phi) is 6.69. The Morgan fingerprint density at radius 1 is 1.06 bits per heavy atom. The number of nitrogens with zero attached hydrogens (tertiary/aromatic N) is 4. The van der Waals surface area contributed by atoms with E-state index >= 15 is 0 Å². The lowest BCUT2D eigenvalue weighted by Crippen LogP contribution is -2.30. The van der Waals surface area contributed by atoms with E-state index in [1.807, 2.05) is 0 Å². The molecule has 2 fully saturated rings. The van der Waals surface area contributed by atoms with Crippen molar-refractivity contribution in [3.8, 4) is 0 Å². The number of nitrogens with one attached hydrogen (secondary N) is 2. The van der Waals surface area contributed by atoms with E-state index in [0.717, 1.165) is 19.3 Å². The Morgan fingerprint density at radius 3 is 2.44 bits per heavy atom. The first-order valence-electron chi connectivity index (χ1n) is 12.2. The second-order valence-electron chi connectivity index (χ2n) is 9.65. The molecule has 0 spiro atoms. The van der Waals surface area contributed by atoms with Crippen LogP contribution < -0.4 is 16.4 Å². The smallest absolute Gasteiger partial charge is 0.224 e. The van der Waals surface area contributed by atoms with E-state index in [4.69, 9.17) is 5.73 Å². The highest BCUT2D eigenvalue weighted by molar-refractivity contribution is 5.78. The van der Waals surface area contributed by atoms with Crippen molar-refractivity contribution in [3.05, 3.63) is 35.8 Å². The lowest BCUT2D eigenvalue weighted by molar-refractivity contribution is -0.122. The van der Waals surface area contributed by atoms with Crippen molar-refractivity contribution in [2.24, 2.45) is 11.7 Å². The lowest BCUT2D eigenvalue weighted by atomic mass is 9.85. The van der Waals surface area contributed by atoms with Crippen molar-refractivity contribution < 1.29 is 23.1 Å². The number of benzene rings is 1. The molecule has 2 aliphatic carbocycles. The van der Waals surface area contributed by atoms with Crippen LogP contribution in [0.4, 0.5) is 30.8 Å². The minimum absolute atomic E-state index is 0.0218. The van der Waals surface area contributed by atoms with Crippen LogP contribution in [0.2, 0.25) is 0 Å². The molecular formula is C24H28F3N7O2. The van der Waals surface area contributed by atoms with Gasteiger partial charge in [-0.1, -0.05) is 0 Å². The first-order chi connectivity index (χ1) is 17.3. The van der Waals surface area contributed by atoms with Gasteiger partial charge in [0.1, 0.15) is 17.0 Å². The maximum absolute atomic E-state index is 14.4. The van der Waals surface area contributed by atoms with E-state index in [-0.39, 0.29) is 36.0 Å². The maximum Gasteiger partial charge on any atom is 0.224 e. The predicted molar refractivity (Wildman–Crippen MR) is 127 cm³/mol. The highest BCUT2D eigenvalue weighted by Gasteiger charge is 2.30. The van der Waals surface area contributed by atoms with Gasteiger partial charge < -0.3 is 21.5 Å². The van der Waals surface area contributed by atoms with E-state index in [1.165, 1.54) is 6.20 Å². The summed E-state index contributed by atoms with van der Waals surface area (Å²) in [4.78, 5) is 25.2. The molecule has 0 bridgehead atoms. The van der Waals surface area contributed by atoms with Crippen LogP contribution >= 0.6 is 0 Å². The molecule has 2 aliphatic rings. The Morgan fingerprint density at radius 2 is 1.78 bits per heavy atom. The van der Waals surface area contributed by atoms with Crippen LogP contribution in [0.1, 0.15) is 57.4 Å². The van der Waals surface area contributed by atoms with E-state index < -0.39 is 23.1 Å². The molecule has 0 aliphatic heterocycles. The zero-order valence-corrected chi connectivity index (χ0v) is 19.6. The van der Waals surface area contributed by atoms with E-state index in [9.17, 15) is 23.1 Å². The van der Waals surface area contributed by atoms with Gasteiger partial charge >= 0.3 is 0 Å². The monoisotopic (exact) mass is 503 g/mol. The molecule has 2 heterocycles. The molecule has 5 rings (SSSR count). The summed E-state index contributed by atoms with van der Waals surface area (Å²) in [6.07, 6.45) is 6.59. The summed E-state index contributed by atoms with van der Waals surface area (Å²) in [7, 11) is 0. The van der Waals surface area contributed by atoms with Crippen LogP contribution in [0.3, 0.4) is 0 Å². The third kappa shape index (κ3) is 4.95. The van der Waals surface area contributed by atoms with Crippen molar-refractivity contribution in [3.63, 3.8) is 0 Å². The predicted octanol–water partition coefficient (Wildman–Crippen LogP) is 3.92. The van der Waals surface area contributed by atoms with Crippen LogP contribution in [0.25, 0.3) is 11.2 Å². The zero-order valence-electron chi connectivity index (χ0n) is 19.6. The molecule has 12 heteroatoms. The van der Waals surface area contributed by atoms with Crippen LogP contribution in [-0.4, -0.2) is 42.7 Å². The van der Waals surface area contributed by atoms with Crippen LogP contribution in [0, 0.1) is 23.4 Å². The molecule has 0 saturated heterocycles. The number of rotatable bonds is 6. The number of hydrogen-bond donors (Lipinski definition) is 4. The average molecular weight is 504 g/mol. The molecule has 2 aromatic heterocycles. The molecule has 9 nitrogen and oxygen atoms in total. The summed E-state index contributed by atoms with van der Waals surface area (Å²) in [5.41, 5.74) is 5.82. The number of anilines is 3. The zero-order chi connectivity index (χ0) is 25.4. The summed E-state index contributed by atoms with van der Waals surface area (Å²) < 4.78 is 44.1. The van der Waals surface area contributed by atoms with Crippen molar-refractivity contribution in [1.82, 2.24) is 19.5 Å². The van der Waals surface area contributed by atoms with Crippen molar-refractivity contribution in [2.45, 2.75) is 69.6 Å². The molecule has 3 aromatic rings. The molecular weight excluding hydrogens is 475 g/mol. The fourth-order valence-electron chi connectivity index (χ4n) is 5.26. The highest BCUT2D eigenvalue weighted by Crippen LogP contribution is 2.37. The Labute approximate surface area is 205 Å². The minimum Gasteiger partial charge on any atom is -0.393 e. The van der Waals surface area contributed by atoms with Gasteiger partial charge in [-0.3, -0.25) is 9.36 Å². The molecule has 2 saturated carbocycles. The fourth-order valence-corrected chi connectivity index (χ4v) is 5.26. The highest BCUT2D eigenvalue weighted by atomic mass is 19.1. The van der Waals surface area contributed by atoms with Crippen molar-refractivity contribution in [1.29, 1.82) is 0 Å². The number of carbonyl (C=O) groups is 1. The third-order valence-corrected chi connectivity index (χ3v) is 7.12. The molecule has 1 amide bonds. The molecule has 1 aromatic carbocycles. The number of carbonyl (C=O) groups excluding carboxylic acids is 1. The summed E-state index contributed by atoms with van der Waals surface area (Å²) in [5.74, 6) is -3.29. The number of aliphatic hydroxyl groups excluding tert-OH is 1. The quantitative estimate of drug-likeness (QED) is 0.401. The number of nitrogens with two attached hydrogens (primary N) is 1. The number of aromatic nitrogens is 4. The van der Waals surface area contributed by atoms with Crippen LogP contribution in [0.15, 0.2) is 18.3 Å². The lowest BCUT2D eigenvalue weighted by Gasteiger charge is -2.29. The van der Waals surface area contributed by atoms with Gasteiger partial charge in [-0.25, -0.2) is 23.1 Å². The Balaban J connectivity index is 1.51. The summed E-state index contributed by atoms with van der Waals surface area (Å²) in [6.45, 7) is 0. The molecule has 0 radical (unpaired) electrons. The Hall–Kier alpha value is -3.41. The van der Waals surface area contributed by atoms with Crippen molar-refractivity contribution in [2.75, 3.05) is 10.6 Å². The minimum atomic E-state index is -1.09. The van der Waals surface area contributed by atoms with E-state index in [2.05, 4.69) is 25.6 Å². The van der Waals surface area contributed by atoms with Gasteiger partial charge in [0.15, 0.2) is 17.3 Å². The van der Waals surface area contributed by atoms with Crippen LogP contribution in [0.5, 0.6) is 0 Å². The van der Waals surface area contributed by atoms with Gasteiger partial charge in [0.25, 0.3) is 0 Å². The first kappa shape index (κ1) is 24.3. The van der Waals surface area contributed by atoms with Gasteiger partial charge in [-0.15, -0.1) is 0 Å². The molecule has 2 atom stereocenters. The van der Waals surface area contributed by atoms with Gasteiger partial charge in [-0.05, 0) is 51.4 Å². The summed E-state index contributed by atoms with van der Waals surface area (Å²) in [5, 5.41) is 15.9.